The molecule has 0 atom stereocenters. The Bertz CT molecular complexity index is 297. The molecule has 0 heterocycles. The van der Waals surface area contributed by atoms with Crippen molar-refractivity contribution in [3.8, 4) is 0 Å². The van der Waals surface area contributed by atoms with Crippen molar-refractivity contribution in [3.63, 3.8) is 0 Å². The van der Waals surface area contributed by atoms with Crippen LogP contribution in [0.4, 0.5) is 22.0 Å². The lowest BCUT2D eigenvalue weighted by Gasteiger charge is -2.18. The second kappa shape index (κ2) is 6.49. The van der Waals surface area contributed by atoms with Crippen LogP contribution in [0, 0.1) is 0 Å². The van der Waals surface area contributed by atoms with Gasteiger partial charge < -0.3 is 9.47 Å². The van der Waals surface area contributed by atoms with Gasteiger partial charge >= 0.3 is 18.1 Å². The highest BCUT2D eigenvalue weighted by molar-refractivity contribution is 5.78. The molecule has 0 aromatic rings. The normalized spacial score (nSPS) is 17.7. The van der Waals surface area contributed by atoms with Crippen LogP contribution in [0.5, 0.6) is 0 Å². The zero-order chi connectivity index (χ0) is 14.5. The third kappa shape index (κ3) is 4.59. The quantitative estimate of drug-likeness (QED) is 0.428. The molecule has 0 spiro atoms. The average molecular weight is 290 g/mol. The van der Waals surface area contributed by atoms with Gasteiger partial charge in [0.15, 0.2) is 0 Å². The van der Waals surface area contributed by atoms with Gasteiger partial charge in [-0.15, -0.1) is 0 Å². The predicted molar refractivity (Wildman–Crippen MR) is 54.8 cm³/mol. The molecule has 0 aromatic carbocycles. The molecule has 1 aliphatic rings. The standard InChI is InChI=1S/C11H15F5O3/c12-10(13,11(14,15)16)9(17)19-7-3-6-18-8-4-1-2-5-8/h8H,1-7H2. The maximum absolute atomic E-state index is 12.4. The lowest BCUT2D eigenvalue weighted by Crippen LogP contribution is -2.45. The van der Waals surface area contributed by atoms with Crippen LogP contribution in [-0.2, 0) is 14.3 Å². The molecule has 19 heavy (non-hydrogen) atoms. The van der Waals surface area contributed by atoms with Gasteiger partial charge in [0, 0.05) is 6.42 Å². The minimum Gasteiger partial charge on any atom is -0.461 e. The van der Waals surface area contributed by atoms with Crippen molar-refractivity contribution in [2.75, 3.05) is 13.2 Å². The number of carbonyl (C=O) groups is 1. The van der Waals surface area contributed by atoms with E-state index in [9.17, 15) is 26.7 Å². The van der Waals surface area contributed by atoms with E-state index in [2.05, 4.69) is 4.74 Å². The number of esters is 1. The first-order valence-corrected chi connectivity index (χ1v) is 5.98. The molecule has 0 unspecified atom stereocenters. The summed E-state index contributed by atoms with van der Waals surface area (Å²) >= 11 is 0. The molecular weight excluding hydrogens is 275 g/mol. The largest absolute Gasteiger partial charge is 0.465 e. The molecule has 1 saturated carbocycles. The Hall–Kier alpha value is -0.920. The third-order valence-corrected chi connectivity index (χ3v) is 2.79. The first-order chi connectivity index (χ1) is 8.75. The van der Waals surface area contributed by atoms with Gasteiger partial charge in [0.2, 0.25) is 0 Å². The Morgan fingerprint density at radius 3 is 2.16 bits per heavy atom. The number of rotatable bonds is 6. The van der Waals surface area contributed by atoms with E-state index in [1.165, 1.54) is 0 Å². The van der Waals surface area contributed by atoms with Crippen LogP contribution in [0.1, 0.15) is 32.1 Å². The van der Waals surface area contributed by atoms with Crippen molar-refractivity contribution in [1.29, 1.82) is 0 Å². The lowest BCUT2D eigenvalue weighted by atomic mass is 10.3. The van der Waals surface area contributed by atoms with Crippen LogP contribution >= 0.6 is 0 Å². The number of hydrogen-bond acceptors (Lipinski definition) is 3. The van der Waals surface area contributed by atoms with E-state index < -0.39 is 24.7 Å². The van der Waals surface area contributed by atoms with Crippen molar-refractivity contribution < 1.29 is 36.2 Å². The minimum atomic E-state index is -5.93. The lowest BCUT2D eigenvalue weighted by molar-refractivity contribution is -0.280. The number of halogens is 5. The van der Waals surface area contributed by atoms with E-state index >= 15 is 0 Å². The Balaban J connectivity index is 2.16. The zero-order valence-corrected chi connectivity index (χ0v) is 10.1. The fourth-order valence-corrected chi connectivity index (χ4v) is 1.74. The number of carbonyl (C=O) groups excluding carboxylic acids is 1. The van der Waals surface area contributed by atoms with Crippen LogP contribution < -0.4 is 0 Å². The summed E-state index contributed by atoms with van der Waals surface area (Å²) in [5.74, 6) is -8.03. The molecule has 8 heteroatoms. The molecule has 0 bridgehead atoms. The third-order valence-electron chi connectivity index (χ3n) is 2.79. The van der Waals surface area contributed by atoms with Gasteiger partial charge in [-0.05, 0) is 12.8 Å². The smallest absolute Gasteiger partial charge is 0.461 e. The van der Waals surface area contributed by atoms with Crippen LogP contribution in [0.2, 0.25) is 0 Å². The van der Waals surface area contributed by atoms with Gasteiger partial charge in [-0.25, -0.2) is 4.79 Å². The van der Waals surface area contributed by atoms with Crippen LogP contribution in [0.25, 0.3) is 0 Å². The first-order valence-electron chi connectivity index (χ1n) is 5.98. The molecular formula is C11H15F5O3. The topological polar surface area (TPSA) is 35.5 Å². The molecule has 0 aliphatic heterocycles. The summed E-state index contributed by atoms with van der Waals surface area (Å²) in [5.41, 5.74) is 0. The summed E-state index contributed by atoms with van der Waals surface area (Å²) in [6, 6.07) is 0. The summed E-state index contributed by atoms with van der Waals surface area (Å²) in [6.07, 6.45) is -1.74. The monoisotopic (exact) mass is 290 g/mol. The molecule has 1 rings (SSSR count). The molecule has 0 radical (unpaired) electrons. The van der Waals surface area contributed by atoms with Gasteiger partial charge in [-0.1, -0.05) is 12.8 Å². The van der Waals surface area contributed by atoms with Crippen molar-refractivity contribution in [1.82, 2.24) is 0 Å². The maximum atomic E-state index is 12.4. The Morgan fingerprint density at radius 1 is 1.05 bits per heavy atom. The maximum Gasteiger partial charge on any atom is 0.465 e. The highest BCUT2D eigenvalue weighted by Gasteiger charge is 2.64. The highest BCUT2D eigenvalue weighted by Crippen LogP contribution is 2.36. The summed E-state index contributed by atoms with van der Waals surface area (Å²) in [6.45, 7) is -0.341. The molecule has 1 fully saturated rings. The van der Waals surface area contributed by atoms with E-state index in [0.29, 0.717) is 0 Å². The molecule has 1 aliphatic carbocycles. The molecule has 112 valence electrons. The second-order valence-electron chi connectivity index (χ2n) is 4.34. The predicted octanol–water partition coefficient (Wildman–Crippen LogP) is 3.08. The Labute approximate surface area is 107 Å². The summed E-state index contributed by atoms with van der Waals surface area (Å²) < 4.78 is 69.5. The van der Waals surface area contributed by atoms with E-state index in [1.54, 1.807) is 0 Å². The van der Waals surface area contributed by atoms with E-state index in [0.717, 1.165) is 25.7 Å². The van der Waals surface area contributed by atoms with Crippen LogP contribution in [0.15, 0.2) is 0 Å². The second-order valence-corrected chi connectivity index (χ2v) is 4.34. The van der Waals surface area contributed by atoms with Gasteiger partial charge in [0.1, 0.15) is 0 Å². The molecule has 0 amide bonds. The van der Waals surface area contributed by atoms with E-state index in [4.69, 9.17) is 4.74 Å². The van der Waals surface area contributed by atoms with Crippen LogP contribution in [-0.4, -0.2) is 37.4 Å². The Kier molecular flexibility index (Phi) is 5.51. The van der Waals surface area contributed by atoms with Crippen molar-refractivity contribution in [3.05, 3.63) is 0 Å². The fourth-order valence-electron chi connectivity index (χ4n) is 1.74. The molecule has 3 nitrogen and oxygen atoms in total. The van der Waals surface area contributed by atoms with Gasteiger partial charge in [0.25, 0.3) is 0 Å². The van der Waals surface area contributed by atoms with Crippen molar-refractivity contribution in [2.24, 2.45) is 0 Å². The SMILES string of the molecule is O=C(OCCCOC1CCCC1)C(F)(F)C(F)(F)F. The van der Waals surface area contributed by atoms with E-state index in [-0.39, 0.29) is 19.1 Å². The summed E-state index contributed by atoms with van der Waals surface area (Å²) in [5, 5.41) is 0. The zero-order valence-electron chi connectivity index (χ0n) is 10.1. The Morgan fingerprint density at radius 2 is 1.63 bits per heavy atom. The summed E-state index contributed by atoms with van der Waals surface area (Å²) in [7, 11) is 0. The van der Waals surface area contributed by atoms with Gasteiger partial charge in [-0.2, -0.15) is 22.0 Å². The first kappa shape index (κ1) is 16.1. The van der Waals surface area contributed by atoms with Gasteiger partial charge in [-0.3, -0.25) is 0 Å². The highest BCUT2D eigenvalue weighted by atomic mass is 19.4. The number of hydrogen-bond donors (Lipinski definition) is 0. The van der Waals surface area contributed by atoms with Crippen LogP contribution in [0.3, 0.4) is 0 Å². The van der Waals surface area contributed by atoms with Crippen molar-refractivity contribution >= 4 is 5.97 Å². The average Bonchev–Trinajstić information content (AvgIpc) is 2.79. The van der Waals surface area contributed by atoms with Gasteiger partial charge in [0.05, 0.1) is 19.3 Å². The van der Waals surface area contributed by atoms with E-state index in [1.807, 2.05) is 0 Å². The molecule has 0 saturated heterocycles. The fraction of sp³-hybridized carbons (Fsp3) is 0.909. The van der Waals surface area contributed by atoms with Crippen molar-refractivity contribution in [2.45, 2.75) is 50.3 Å². The number of ether oxygens (including phenoxy) is 2. The molecule has 0 aromatic heterocycles. The minimum absolute atomic E-state index is 0.0934. The molecule has 0 N–H and O–H groups in total. The number of alkyl halides is 5. The summed E-state index contributed by atoms with van der Waals surface area (Å²) in [4.78, 5) is 10.6.